The van der Waals surface area contributed by atoms with Gasteiger partial charge in [-0.25, -0.2) is 4.99 Å². The highest BCUT2D eigenvalue weighted by atomic mass is 16.5. The fourth-order valence-corrected chi connectivity index (χ4v) is 1.01. The predicted octanol–water partition coefficient (Wildman–Crippen LogP) is 1.50. The van der Waals surface area contributed by atoms with Crippen LogP contribution in [0.15, 0.2) is 29.3 Å². The fourth-order valence-electron chi connectivity index (χ4n) is 1.01. The number of hydrogen-bond donors (Lipinski definition) is 0. The second-order valence-corrected chi connectivity index (χ2v) is 3.11. The summed E-state index contributed by atoms with van der Waals surface area (Å²) in [6.45, 7) is 3.36. The molecule has 0 bridgehead atoms. The van der Waals surface area contributed by atoms with Gasteiger partial charge in [0, 0.05) is 14.0 Å². The molecule has 0 aliphatic heterocycles. The van der Waals surface area contributed by atoms with Gasteiger partial charge in [-0.1, -0.05) is 0 Å². The maximum absolute atomic E-state index is 10.7. The molecule has 3 nitrogen and oxygen atoms in total. The molecule has 13 heavy (non-hydrogen) atoms. The standard InChI is InChI=1S/C10H13NO2/c1-8(12)11-9-4-6-10(2,13-3)7-5-9/h4-7H,1-3H3. The van der Waals surface area contributed by atoms with Crippen molar-refractivity contribution in [1.29, 1.82) is 0 Å². The highest BCUT2D eigenvalue weighted by molar-refractivity contribution is 6.09. The molecule has 0 saturated heterocycles. The molecule has 0 atom stereocenters. The lowest BCUT2D eigenvalue weighted by atomic mass is 9.99. The van der Waals surface area contributed by atoms with Crippen LogP contribution in [-0.4, -0.2) is 24.3 Å². The van der Waals surface area contributed by atoms with Crippen molar-refractivity contribution < 1.29 is 9.53 Å². The largest absolute Gasteiger partial charge is 0.370 e. The minimum atomic E-state index is -0.365. The number of hydrogen-bond acceptors (Lipinski definition) is 2. The Morgan fingerprint density at radius 2 is 2.00 bits per heavy atom. The van der Waals surface area contributed by atoms with Crippen LogP contribution in [0.2, 0.25) is 0 Å². The molecule has 70 valence electrons. The van der Waals surface area contributed by atoms with E-state index in [4.69, 9.17) is 4.74 Å². The number of allylic oxidation sites excluding steroid dienone is 2. The molecule has 0 radical (unpaired) electrons. The van der Waals surface area contributed by atoms with Gasteiger partial charge in [0.15, 0.2) is 0 Å². The fraction of sp³-hybridized carbons (Fsp3) is 0.400. The van der Waals surface area contributed by atoms with Gasteiger partial charge in [0.2, 0.25) is 5.91 Å². The highest BCUT2D eigenvalue weighted by Crippen LogP contribution is 2.16. The van der Waals surface area contributed by atoms with Crippen molar-refractivity contribution in [1.82, 2.24) is 0 Å². The maximum atomic E-state index is 10.7. The van der Waals surface area contributed by atoms with Gasteiger partial charge in [0.1, 0.15) is 5.60 Å². The smallest absolute Gasteiger partial charge is 0.243 e. The van der Waals surface area contributed by atoms with E-state index in [9.17, 15) is 4.79 Å². The summed E-state index contributed by atoms with van der Waals surface area (Å²) in [4.78, 5) is 14.4. The van der Waals surface area contributed by atoms with Crippen LogP contribution in [0, 0.1) is 0 Å². The number of carbonyl (C=O) groups excluding carboxylic acids is 1. The van der Waals surface area contributed by atoms with Gasteiger partial charge in [0.25, 0.3) is 0 Å². The van der Waals surface area contributed by atoms with E-state index in [0.29, 0.717) is 5.71 Å². The number of aliphatic imine (C=N–C) groups is 1. The van der Waals surface area contributed by atoms with E-state index < -0.39 is 0 Å². The van der Waals surface area contributed by atoms with Crippen molar-refractivity contribution in [3.8, 4) is 0 Å². The summed E-state index contributed by atoms with van der Waals surface area (Å²) in [6, 6.07) is 0. The lowest BCUT2D eigenvalue weighted by Crippen LogP contribution is -2.24. The van der Waals surface area contributed by atoms with Crippen molar-refractivity contribution in [3.63, 3.8) is 0 Å². The van der Waals surface area contributed by atoms with Crippen LogP contribution in [0.1, 0.15) is 13.8 Å². The van der Waals surface area contributed by atoms with Gasteiger partial charge in [0.05, 0.1) is 5.71 Å². The van der Waals surface area contributed by atoms with Crippen molar-refractivity contribution in [2.45, 2.75) is 19.4 Å². The number of nitrogens with zero attached hydrogens (tertiary/aromatic N) is 1. The summed E-state index contributed by atoms with van der Waals surface area (Å²) in [6.07, 6.45) is 7.30. The Labute approximate surface area is 77.8 Å². The maximum Gasteiger partial charge on any atom is 0.243 e. The quantitative estimate of drug-likeness (QED) is 0.612. The topological polar surface area (TPSA) is 38.7 Å². The van der Waals surface area contributed by atoms with Crippen LogP contribution in [0.3, 0.4) is 0 Å². The average molecular weight is 179 g/mol. The van der Waals surface area contributed by atoms with Gasteiger partial charge in [-0.3, -0.25) is 4.79 Å². The normalized spacial score (nSPS) is 26.2. The Morgan fingerprint density at radius 1 is 1.46 bits per heavy atom. The molecular formula is C10H13NO2. The zero-order valence-corrected chi connectivity index (χ0v) is 8.07. The minimum Gasteiger partial charge on any atom is -0.370 e. The lowest BCUT2D eigenvalue weighted by molar-refractivity contribution is -0.115. The van der Waals surface area contributed by atoms with Crippen LogP contribution in [0.5, 0.6) is 0 Å². The molecule has 1 amide bonds. The van der Waals surface area contributed by atoms with Crippen LogP contribution in [-0.2, 0) is 9.53 Å². The Balaban J connectivity index is 2.80. The van der Waals surface area contributed by atoms with E-state index in [1.807, 2.05) is 19.1 Å². The van der Waals surface area contributed by atoms with Crippen LogP contribution in [0.4, 0.5) is 0 Å². The SMILES string of the molecule is COC1(C)C=CC(=NC(C)=O)C=C1. The first-order chi connectivity index (χ1) is 6.06. The first-order valence-corrected chi connectivity index (χ1v) is 4.09. The molecule has 0 unspecified atom stereocenters. The number of methoxy groups -OCH3 is 1. The monoisotopic (exact) mass is 179 g/mol. The molecule has 0 N–H and O–H groups in total. The van der Waals surface area contributed by atoms with Crippen molar-refractivity contribution in [2.24, 2.45) is 4.99 Å². The summed E-state index contributed by atoms with van der Waals surface area (Å²) in [5.74, 6) is -0.190. The Bertz CT molecular complexity index is 284. The van der Waals surface area contributed by atoms with Crippen molar-refractivity contribution in [2.75, 3.05) is 7.11 Å². The zero-order valence-electron chi connectivity index (χ0n) is 8.07. The third-order valence-electron chi connectivity index (χ3n) is 1.90. The van der Waals surface area contributed by atoms with Gasteiger partial charge < -0.3 is 4.74 Å². The molecule has 0 fully saturated rings. The molecule has 0 heterocycles. The van der Waals surface area contributed by atoms with Crippen molar-refractivity contribution >= 4 is 11.6 Å². The summed E-state index contributed by atoms with van der Waals surface area (Å²) in [7, 11) is 1.64. The molecule has 3 heteroatoms. The number of carbonyl (C=O) groups is 1. The molecule has 0 saturated carbocycles. The average Bonchev–Trinajstić information content (AvgIpc) is 2.09. The summed E-state index contributed by atoms with van der Waals surface area (Å²) in [5, 5.41) is 0. The number of rotatable bonds is 1. The summed E-state index contributed by atoms with van der Waals surface area (Å²) < 4.78 is 5.22. The first kappa shape index (κ1) is 9.86. The van der Waals surface area contributed by atoms with Gasteiger partial charge in [-0.05, 0) is 31.2 Å². The van der Waals surface area contributed by atoms with E-state index in [-0.39, 0.29) is 11.5 Å². The summed E-state index contributed by atoms with van der Waals surface area (Å²) >= 11 is 0. The minimum absolute atomic E-state index is 0.190. The molecular weight excluding hydrogens is 166 g/mol. The first-order valence-electron chi connectivity index (χ1n) is 4.09. The van der Waals surface area contributed by atoms with E-state index in [0.717, 1.165) is 0 Å². The second-order valence-electron chi connectivity index (χ2n) is 3.11. The molecule has 1 rings (SSSR count). The Kier molecular flexibility index (Phi) is 2.78. The number of amides is 1. The highest BCUT2D eigenvalue weighted by Gasteiger charge is 2.18. The van der Waals surface area contributed by atoms with Gasteiger partial charge in [-0.15, -0.1) is 0 Å². The number of ether oxygens (including phenoxy) is 1. The predicted molar refractivity (Wildman–Crippen MR) is 51.8 cm³/mol. The van der Waals surface area contributed by atoms with Crippen molar-refractivity contribution in [3.05, 3.63) is 24.3 Å². The molecule has 0 aromatic carbocycles. The lowest BCUT2D eigenvalue weighted by Gasteiger charge is -2.22. The Hall–Kier alpha value is -1.22. The van der Waals surface area contributed by atoms with E-state index in [1.54, 1.807) is 19.3 Å². The molecule has 0 aromatic rings. The van der Waals surface area contributed by atoms with Gasteiger partial charge >= 0.3 is 0 Å². The third-order valence-corrected chi connectivity index (χ3v) is 1.90. The molecule has 1 aliphatic carbocycles. The van der Waals surface area contributed by atoms with Crippen LogP contribution in [0.25, 0.3) is 0 Å². The zero-order chi connectivity index (χ0) is 9.90. The summed E-state index contributed by atoms with van der Waals surface area (Å²) in [5.41, 5.74) is 0.303. The second kappa shape index (κ2) is 3.66. The van der Waals surface area contributed by atoms with E-state index >= 15 is 0 Å². The van der Waals surface area contributed by atoms with Crippen LogP contribution >= 0.6 is 0 Å². The van der Waals surface area contributed by atoms with E-state index in [2.05, 4.69) is 4.99 Å². The molecule has 0 aromatic heterocycles. The molecule has 1 aliphatic rings. The van der Waals surface area contributed by atoms with Gasteiger partial charge in [-0.2, -0.15) is 0 Å². The van der Waals surface area contributed by atoms with E-state index in [1.165, 1.54) is 6.92 Å². The third kappa shape index (κ3) is 2.63. The van der Waals surface area contributed by atoms with Crippen LogP contribution < -0.4 is 0 Å². The Morgan fingerprint density at radius 3 is 2.38 bits per heavy atom. The molecule has 0 spiro atoms.